The predicted molar refractivity (Wildman–Crippen MR) is 66.2 cm³/mol. The van der Waals surface area contributed by atoms with Crippen LogP contribution in [0.4, 0.5) is 8.78 Å². The van der Waals surface area contributed by atoms with Gasteiger partial charge in [0.15, 0.2) is 11.8 Å². The van der Waals surface area contributed by atoms with Crippen molar-refractivity contribution in [1.82, 2.24) is 0 Å². The number of hydrogen-bond donors (Lipinski definition) is 0. The first-order valence-electron chi connectivity index (χ1n) is 5.62. The van der Waals surface area contributed by atoms with Crippen LogP contribution in [0.25, 0.3) is 5.57 Å². The van der Waals surface area contributed by atoms with Gasteiger partial charge in [0.2, 0.25) is 6.20 Å². The van der Waals surface area contributed by atoms with E-state index in [4.69, 9.17) is 0 Å². The lowest BCUT2D eigenvalue weighted by atomic mass is 10.1. The van der Waals surface area contributed by atoms with Crippen LogP contribution < -0.4 is 0 Å². The number of benzene rings is 1. The van der Waals surface area contributed by atoms with Gasteiger partial charge in [-0.25, -0.2) is 8.78 Å². The number of allylic oxidation sites excluding steroid dienone is 1. The van der Waals surface area contributed by atoms with E-state index in [1.807, 2.05) is 0 Å². The van der Waals surface area contributed by atoms with Crippen molar-refractivity contribution in [3.8, 4) is 0 Å². The highest BCUT2D eigenvalue weighted by molar-refractivity contribution is 5.80. The molecule has 0 aliphatic heterocycles. The van der Waals surface area contributed by atoms with Crippen molar-refractivity contribution in [2.24, 2.45) is 5.11 Å². The van der Waals surface area contributed by atoms with Gasteiger partial charge in [-0.3, -0.25) is 4.79 Å². The number of hydrogen-bond acceptors (Lipinski definition) is 3. The third kappa shape index (κ3) is 4.24. The largest absolute Gasteiger partial charge is 0.595 e. The van der Waals surface area contributed by atoms with Crippen molar-refractivity contribution in [2.45, 2.75) is 26.8 Å². The molecule has 1 unspecified atom stereocenters. The lowest BCUT2D eigenvalue weighted by Gasteiger charge is -2.03. The number of halogens is 2. The highest BCUT2D eigenvalue weighted by atomic mass is 19.1. The van der Waals surface area contributed by atoms with Crippen molar-refractivity contribution >= 4 is 11.4 Å². The van der Waals surface area contributed by atoms with Gasteiger partial charge in [-0.05, 0) is 38.0 Å². The van der Waals surface area contributed by atoms with Crippen molar-refractivity contribution < 1.29 is 18.4 Å². The maximum atomic E-state index is 13.5. The highest BCUT2D eigenvalue weighted by Gasteiger charge is 2.11. The number of azo groups is 1. The molecule has 0 aliphatic rings. The molecular formula is C13H14F2N2O2. The van der Waals surface area contributed by atoms with Crippen LogP contribution in [0.5, 0.6) is 0 Å². The number of hydroxylamine groups is 1. The fraction of sp³-hybridized carbons (Fsp3) is 0.308. The van der Waals surface area contributed by atoms with Crippen LogP contribution in [0.2, 0.25) is 0 Å². The fourth-order valence-electron chi connectivity index (χ4n) is 1.33. The molecule has 102 valence electrons. The summed E-state index contributed by atoms with van der Waals surface area (Å²) in [5.41, 5.74) is 0.389. The summed E-state index contributed by atoms with van der Waals surface area (Å²) in [4.78, 5) is 11.2. The molecule has 4 nitrogen and oxygen atoms in total. The number of rotatable bonds is 4. The van der Waals surface area contributed by atoms with Gasteiger partial charge in [0.05, 0.1) is 0 Å². The number of carbonyl (C=O) groups excluding carboxylic acids is 1. The zero-order chi connectivity index (χ0) is 14.6. The van der Waals surface area contributed by atoms with Crippen LogP contribution in [-0.2, 0) is 4.79 Å². The van der Waals surface area contributed by atoms with E-state index in [2.05, 4.69) is 5.11 Å². The molecule has 19 heavy (non-hydrogen) atoms. The van der Waals surface area contributed by atoms with E-state index in [0.717, 1.165) is 18.3 Å². The van der Waals surface area contributed by atoms with Crippen molar-refractivity contribution in [1.29, 1.82) is 0 Å². The van der Waals surface area contributed by atoms with Gasteiger partial charge in [0.1, 0.15) is 11.6 Å². The molecule has 0 spiro atoms. The van der Waals surface area contributed by atoms with Crippen LogP contribution in [0.3, 0.4) is 0 Å². The lowest BCUT2D eigenvalue weighted by molar-refractivity contribution is -0.460. The second kappa shape index (κ2) is 6.17. The normalized spacial score (nSPS) is 14.4. The summed E-state index contributed by atoms with van der Waals surface area (Å²) >= 11 is 0. The summed E-state index contributed by atoms with van der Waals surface area (Å²) in [6.45, 7) is 4.29. The number of carbonyl (C=O) groups is 1. The Morgan fingerprint density at radius 3 is 2.58 bits per heavy atom. The second-order valence-corrected chi connectivity index (χ2v) is 4.14. The van der Waals surface area contributed by atoms with Crippen LogP contribution in [0, 0.1) is 16.8 Å². The Morgan fingerprint density at radius 1 is 1.42 bits per heavy atom. The van der Waals surface area contributed by atoms with E-state index < -0.39 is 17.7 Å². The quantitative estimate of drug-likeness (QED) is 0.478. The Morgan fingerprint density at radius 2 is 2.05 bits per heavy atom. The first-order chi connectivity index (χ1) is 8.81. The molecule has 0 fully saturated rings. The van der Waals surface area contributed by atoms with Gasteiger partial charge in [-0.2, -0.15) is 0 Å². The van der Waals surface area contributed by atoms with Crippen LogP contribution in [0.1, 0.15) is 26.3 Å². The average Bonchev–Trinajstić information content (AvgIpc) is 2.27. The molecule has 1 aromatic rings. The van der Waals surface area contributed by atoms with Crippen molar-refractivity contribution in [2.75, 3.05) is 0 Å². The average molecular weight is 268 g/mol. The molecule has 0 aromatic heterocycles. The molecule has 1 atom stereocenters. The summed E-state index contributed by atoms with van der Waals surface area (Å²) in [5.74, 6) is -1.70. The number of nitrogens with zero attached hydrogens (tertiary/aromatic N) is 2. The summed E-state index contributed by atoms with van der Waals surface area (Å²) in [6.07, 6.45) is 1.04. The van der Waals surface area contributed by atoms with Gasteiger partial charge >= 0.3 is 0 Å². The fourth-order valence-corrected chi connectivity index (χ4v) is 1.33. The van der Waals surface area contributed by atoms with E-state index >= 15 is 0 Å². The molecule has 0 bridgehead atoms. The molecule has 6 heteroatoms. The zero-order valence-electron chi connectivity index (χ0n) is 10.9. The molecule has 0 saturated carbocycles. The topological polar surface area (TPSA) is 55.5 Å². The van der Waals surface area contributed by atoms with E-state index in [1.54, 1.807) is 0 Å². The SMILES string of the molecule is CC(=O)C(C)N=[N+]([O-])C=C(C)c1ccc(F)cc1F. The van der Waals surface area contributed by atoms with Gasteiger partial charge in [0, 0.05) is 17.2 Å². The molecule has 1 rings (SSSR count). The van der Waals surface area contributed by atoms with E-state index in [1.165, 1.54) is 26.8 Å². The second-order valence-electron chi connectivity index (χ2n) is 4.14. The predicted octanol–water partition coefficient (Wildman–Crippen LogP) is 3.27. The van der Waals surface area contributed by atoms with E-state index in [-0.39, 0.29) is 21.8 Å². The van der Waals surface area contributed by atoms with E-state index in [0.29, 0.717) is 0 Å². The van der Waals surface area contributed by atoms with Gasteiger partial charge < -0.3 is 5.21 Å². The Bertz CT molecular complexity index is 554. The maximum Gasteiger partial charge on any atom is 0.213 e. The summed E-state index contributed by atoms with van der Waals surface area (Å²) < 4.78 is 26.2. The van der Waals surface area contributed by atoms with E-state index in [9.17, 15) is 18.8 Å². The molecule has 0 saturated heterocycles. The third-order valence-corrected chi connectivity index (χ3v) is 2.54. The lowest BCUT2D eigenvalue weighted by Crippen LogP contribution is -2.12. The first kappa shape index (κ1) is 14.9. The number of Topliss-reactive ketones (excluding diaryl/α,β-unsaturated/α-hetero) is 1. The maximum absolute atomic E-state index is 13.5. The standard InChI is InChI=1S/C13H14F2N2O2/c1-8(7-17(19)16-9(2)10(3)18)12-5-4-11(14)6-13(12)15/h4-7,9H,1-3H3. The first-order valence-corrected chi connectivity index (χ1v) is 5.62. The van der Waals surface area contributed by atoms with Crippen LogP contribution in [0.15, 0.2) is 29.5 Å². The Balaban J connectivity index is 3.02. The van der Waals surface area contributed by atoms with Gasteiger partial charge in [-0.1, -0.05) is 4.86 Å². The summed E-state index contributed by atoms with van der Waals surface area (Å²) in [5, 5.41) is 15.0. The van der Waals surface area contributed by atoms with Gasteiger partial charge in [-0.15, -0.1) is 0 Å². The molecule has 0 aliphatic carbocycles. The minimum Gasteiger partial charge on any atom is -0.595 e. The monoisotopic (exact) mass is 268 g/mol. The molecule has 0 amide bonds. The molecule has 0 heterocycles. The van der Waals surface area contributed by atoms with Crippen LogP contribution >= 0.6 is 0 Å². The Kier molecular flexibility index (Phi) is 4.86. The highest BCUT2D eigenvalue weighted by Crippen LogP contribution is 2.18. The van der Waals surface area contributed by atoms with Gasteiger partial charge in [0.25, 0.3) is 0 Å². The third-order valence-electron chi connectivity index (χ3n) is 2.54. The molecule has 0 N–H and O–H groups in total. The summed E-state index contributed by atoms with van der Waals surface area (Å²) in [6, 6.07) is 2.30. The molecule has 1 aromatic carbocycles. The minimum atomic E-state index is -0.764. The van der Waals surface area contributed by atoms with Crippen molar-refractivity contribution in [3.63, 3.8) is 0 Å². The smallest absolute Gasteiger partial charge is 0.213 e. The number of ketones is 1. The zero-order valence-corrected chi connectivity index (χ0v) is 10.9. The van der Waals surface area contributed by atoms with Crippen LogP contribution in [-0.4, -0.2) is 16.7 Å². The summed E-state index contributed by atoms with van der Waals surface area (Å²) in [7, 11) is 0. The Labute approximate surface area is 109 Å². The minimum absolute atomic E-state index is 0.105. The molecule has 0 radical (unpaired) electrons. The van der Waals surface area contributed by atoms with Crippen molar-refractivity contribution in [3.05, 3.63) is 46.8 Å². The Hall–Kier alpha value is -2.11. The molecular weight excluding hydrogens is 254 g/mol.